The van der Waals surface area contributed by atoms with Gasteiger partial charge in [-0.25, -0.2) is 8.42 Å². The van der Waals surface area contributed by atoms with Crippen LogP contribution >= 0.6 is 23.8 Å². The molecule has 1 saturated carbocycles. The third kappa shape index (κ3) is 2.97. The number of benzene rings is 2. The van der Waals surface area contributed by atoms with Crippen LogP contribution in [0, 0.1) is 5.41 Å². The van der Waals surface area contributed by atoms with E-state index in [1.165, 1.54) is 19.2 Å². The third-order valence-corrected chi connectivity index (χ3v) is 7.66. The summed E-state index contributed by atoms with van der Waals surface area (Å²) < 4.78 is 31.9. The molecule has 0 aromatic heterocycles. The summed E-state index contributed by atoms with van der Waals surface area (Å²) in [5, 5.41) is -0.284. The van der Waals surface area contributed by atoms with Gasteiger partial charge in [-0.1, -0.05) is 54.2 Å². The fourth-order valence-corrected chi connectivity index (χ4v) is 6.44. The number of hydrogen-bond donors (Lipinski definition) is 1. The number of ether oxygens (including phenoxy) is 1. The Labute approximate surface area is 157 Å². The minimum atomic E-state index is -3.66. The highest BCUT2D eigenvalue weighted by Crippen LogP contribution is 2.64. The fourth-order valence-electron chi connectivity index (χ4n) is 3.54. The monoisotopic (exact) mass is 395 g/mol. The van der Waals surface area contributed by atoms with Gasteiger partial charge in [-0.3, -0.25) is 0 Å². The molecule has 7 heteroatoms. The summed E-state index contributed by atoms with van der Waals surface area (Å²) in [6.45, 7) is 0.152. The van der Waals surface area contributed by atoms with Gasteiger partial charge in [0.15, 0.2) is 9.84 Å². The molecule has 0 amide bonds. The molecule has 3 rings (SSSR count). The van der Waals surface area contributed by atoms with Gasteiger partial charge in [0.2, 0.25) is 0 Å². The molecular weight excluding hydrogens is 378 g/mol. The first-order chi connectivity index (χ1) is 11.9. The Hall–Kier alpha value is -1.47. The van der Waals surface area contributed by atoms with E-state index in [1.807, 2.05) is 30.3 Å². The molecule has 0 bridgehead atoms. The second-order valence-electron chi connectivity index (χ2n) is 6.15. The molecule has 1 aliphatic rings. The topological polar surface area (TPSA) is 69.4 Å². The van der Waals surface area contributed by atoms with Crippen molar-refractivity contribution < 1.29 is 13.2 Å². The largest absolute Gasteiger partial charge is 0.393 e. The Morgan fingerprint density at radius 2 is 1.80 bits per heavy atom. The molecule has 1 fully saturated rings. The van der Waals surface area contributed by atoms with E-state index in [4.69, 9.17) is 34.3 Å². The molecule has 0 heterocycles. The summed E-state index contributed by atoms with van der Waals surface area (Å²) in [5.74, 6) is -0.341. The molecule has 0 aliphatic heterocycles. The van der Waals surface area contributed by atoms with Gasteiger partial charge >= 0.3 is 0 Å². The van der Waals surface area contributed by atoms with Crippen LogP contribution in [-0.4, -0.2) is 32.4 Å². The predicted octanol–water partition coefficient (Wildman–Crippen LogP) is 3.20. The van der Waals surface area contributed by atoms with Crippen molar-refractivity contribution in [3.8, 4) is 0 Å². The fraction of sp³-hybridized carbons (Fsp3) is 0.278. The lowest BCUT2D eigenvalue weighted by molar-refractivity contribution is 0.166. The lowest BCUT2D eigenvalue weighted by Crippen LogP contribution is -2.33. The molecule has 25 heavy (non-hydrogen) atoms. The smallest absolute Gasteiger partial charge is 0.182 e. The van der Waals surface area contributed by atoms with Crippen molar-refractivity contribution in [1.29, 1.82) is 0 Å². The standard InChI is InChI=1S/C18H18ClNO3S2/c1-23-11-18(17(20)24)15(12-5-3-2-4-6-12)16(18)25(21,22)14-9-7-13(19)8-10-14/h2-10,15-16H,11H2,1H3,(H2,20,24)/t15-,16+,18-/m0/s1. The SMILES string of the molecule is COC[C@@]1(C(N)=S)[C@H](S(=O)(=O)c2ccc(Cl)cc2)[C@@H]1c1ccccc1. The lowest BCUT2D eigenvalue weighted by Gasteiger charge is -2.16. The highest BCUT2D eigenvalue weighted by atomic mass is 35.5. The Bertz CT molecular complexity index is 884. The second kappa shape index (κ2) is 6.68. The number of rotatable bonds is 6. The molecule has 2 aromatic rings. The van der Waals surface area contributed by atoms with Crippen LogP contribution in [0.1, 0.15) is 11.5 Å². The molecule has 0 radical (unpaired) electrons. The summed E-state index contributed by atoms with van der Waals surface area (Å²) in [4.78, 5) is 0.364. The average molecular weight is 396 g/mol. The van der Waals surface area contributed by atoms with Crippen LogP contribution in [0.2, 0.25) is 5.02 Å². The maximum Gasteiger partial charge on any atom is 0.182 e. The van der Waals surface area contributed by atoms with Gasteiger partial charge < -0.3 is 10.5 Å². The molecular formula is C18H18ClNO3S2. The van der Waals surface area contributed by atoms with Gasteiger partial charge in [0.05, 0.1) is 27.2 Å². The number of hydrogen-bond acceptors (Lipinski definition) is 4. The minimum Gasteiger partial charge on any atom is -0.393 e. The quantitative estimate of drug-likeness (QED) is 0.760. The summed E-state index contributed by atoms with van der Waals surface area (Å²) >= 11 is 11.1. The van der Waals surface area contributed by atoms with Gasteiger partial charge in [0.25, 0.3) is 0 Å². The molecule has 2 N–H and O–H groups in total. The zero-order valence-electron chi connectivity index (χ0n) is 13.6. The van der Waals surface area contributed by atoms with E-state index in [9.17, 15) is 8.42 Å². The second-order valence-corrected chi connectivity index (χ2v) is 9.09. The minimum absolute atomic E-state index is 0.152. The molecule has 1 aliphatic carbocycles. The number of nitrogens with two attached hydrogens (primary N) is 1. The number of thiocarbonyl (C=S) groups is 1. The van der Waals surface area contributed by atoms with Crippen LogP contribution in [0.5, 0.6) is 0 Å². The summed E-state index contributed by atoms with van der Waals surface area (Å²) in [6, 6.07) is 15.6. The Kier molecular flexibility index (Phi) is 4.90. The maximum absolute atomic E-state index is 13.3. The van der Waals surface area contributed by atoms with E-state index in [-0.39, 0.29) is 22.4 Å². The van der Waals surface area contributed by atoms with E-state index in [2.05, 4.69) is 0 Å². The van der Waals surface area contributed by atoms with E-state index in [0.717, 1.165) is 5.56 Å². The van der Waals surface area contributed by atoms with Crippen LogP contribution < -0.4 is 5.73 Å². The van der Waals surface area contributed by atoms with Crippen molar-refractivity contribution in [3.63, 3.8) is 0 Å². The first kappa shape index (κ1) is 18.3. The van der Waals surface area contributed by atoms with Crippen molar-refractivity contribution in [3.05, 3.63) is 65.2 Å². The molecule has 0 unspecified atom stereocenters. The van der Waals surface area contributed by atoms with Crippen LogP contribution in [-0.2, 0) is 14.6 Å². The van der Waals surface area contributed by atoms with Crippen LogP contribution in [0.3, 0.4) is 0 Å². The summed E-state index contributed by atoms with van der Waals surface area (Å²) in [6.07, 6.45) is 0. The molecule has 132 valence electrons. The number of methoxy groups -OCH3 is 1. The van der Waals surface area contributed by atoms with Crippen molar-refractivity contribution in [1.82, 2.24) is 0 Å². The van der Waals surface area contributed by atoms with Crippen LogP contribution in [0.25, 0.3) is 0 Å². The molecule has 4 nitrogen and oxygen atoms in total. The Morgan fingerprint density at radius 3 is 2.32 bits per heavy atom. The van der Waals surface area contributed by atoms with Gasteiger partial charge in [-0.15, -0.1) is 0 Å². The molecule has 0 saturated heterocycles. The normalized spacial score (nSPS) is 25.5. The van der Waals surface area contributed by atoms with Crippen molar-refractivity contribution in [2.75, 3.05) is 13.7 Å². The summed E-state index contributed by atoms with van der Waals surface area (Å²) in [7, 11) is -2.14. The van der Waals surface area contributed by atoms with Crippen LogP contribution in [0.4, 0.5) is 0 Å². The highest BCUT2D eigenvalue weighted by molar-refractivity contribution is 7.92. The zero-order chi connectivity index (χ0) is 18.2. The van der Waals surface area contributed by atoms with Gasteiger partial charge in [-0.05, 0) is 29.8 Å². The van der Waals surface area contributed by atoms with Crippen LogP contribution in [0.15, 0.2) is 59.5 Å². The average Bonchev–Trinajstić information content (AvgIpc) is 3.27. The predicted molar refractivity (Wildman–Crippen MR) is 103 cm³/mol. The zero-order valence-corrected chi connectivity index (χ0v) is 15.9. The summed E-state index contributed by atoms with van der Waals surface area (Å²) in [5.41, 5.74) is 5.97. The molecule has 0 spiro atoms. The number of halogens is 1. The van der Waals surface area contributed by atoms with E-state index < -0.39 is 20.5 Å². The van der Waals surface area contributed by atoms with Crippen molar-refractivity contribution in [2.24, 2.45) is 11.1 Å². The lowest BCUT2D eigenvalue weighted by atomic mass is 10.00. The van der Waals surface area contributed by atoms with Crippen molar-refractivity contribution in [2.45, 2.75) is 16.1 Å². The Balaban J connectivity index is 2.11. The Morgan fingerprint density at radius 1 is 1.20 bits per heavy atom. The van der Waals surface area contributed by atoms with E-state index in [1.54, 1.807) is 12.1 Å². The van der Waals surface area contributed by atoms with E-state index >= 15 is 0 Å². The van der Waals surface area contributed by atoms with Gasteiger partial charge in [0.1, 0.15) is 0 Å². The molecule has 2 aromatic carbocycles. The first-order valence-electron chi connectivity index (χ1n) is 7.69. The van der Waals surface area contributed by atoms with E-state index in [0.29, 0.717) is 5.02 Å². The molecule has 3 atom stereocenters. The third-order valence-electron chi connectivity index (χ3n) is 4.73. The number of sulfone groups is 1. The maximum atomic E-state index is 13.3. The first-order valence-corrected chi connectivity index (χ1v) is 10.0. The van der Waals surface area contributed by atoms with Gasteiger partial charge in [0, 0.05) is 18.1 Å². The highest BCUT2D eigenvalue weighted by Gasteiger charge is 2.73. The van der Waals surface area contributed by atoms with Gasteiger partial charge in [-0.2, -0.15) is 0 Å². The van der Waals surface area contributed by atoms with Crippen molar-refractivity contribution >= 4 is 38.6 Å².